The Morgan fingerprint density at radius 3 is 2.42 bits per heavy atom. The van der Waals surface area contributed by atoms with Gasteiger partial charge in [0.25, 0.3) is 0 Å². The summed E-state index contributed by atoms with van der Waals surface area (Å²) in [6, 6.07) is 8.52. The van der Waals surface area contributed by atoms with Crippen molar-refractivity contribution in [3.8, 4) is 0 Å². The van der Waals surface area contributed by atoms with E-state index in [1.54, 1.807) is 0 Å². The van der Waals surface area contributed by atoms with Crippen LogP contribution in [0.3, 0.4) is 0 Å². The van der Waals surface area contributed by atoms with Gasteiger partial charge in [-0.3, -0.25) is 0 Å². The molecular formula is C22H33ClO. The maximum Gasteiger partial charge on any atom is 0.0838 e. The summed E-state index contributed by atoms with van der Waals surface area (Å²) in [5, 5.41) is 10.7. The standard InChI is InChI=1S/C22H33ClO/c1-5-6-7-8-9-16-14-15-19(23)20(16)17-10-12-18(13-11-17)21(24)22(2,3)4/h7-8,10-13,16,19-21,24H,5-6,9,14-15H2,1-4H3/b8-7-. The number of benzene rings is 1. The van der Waals surface area contributed by atoms with Gasteiger partial charge in [0.15, 0.2) is 0 Å². The molecule has 4 atom stereocenters. The average Bonchev–Trinajstić information content (AvgIpc) is 2.91. The molecule has 134 valence electrons. The van der Waals surface area contributed by atoms with Crippen LogP contribution in [0.25, 0.3) is 0 Å². The van der Waals surface area contributed by atoms with Crippen LogP contribution in [0.2, 0.25) is 0 Å². The SMILES string of the molecule is CCC/C=C\CC1CCC(Cl)C1c1ccc(C(O)C(C)(C)C)cc1. The summed E-state index contributed by atoms with van der Waals surface area (Å²) in [5.74, 6) is 1.07. The Labute approximate surface area is 153 Å². The Hall–Kier alpha value is -0.790. The zero-order valence-electron chi connectivity index (χ0n) is 15.6. The van der Waals surface area contributed by atoms with Crippen molar-refractivity contribution in [1.29, 1.82) is 0 Å². The third kappa shape index (κ3) is 4.86. The van der Waals surface area contributed by atoms with Crippen LogP contribution in [0, 0.1) is 11.3 Å². The van der Waals surface area contributed by atoms with Gasteiger partial charge >= 0.3 is 0 Å². The van der Waals surface area contributed by atoms with Crippen LogP contribution in [-0.2, 0) is 0 Å². The third-order valence-electron chi connectivity index (χ3n) is 5.23. The number of allylic oxidation sites excluding steroid dienone is 2. The van der Waals surface area contributed by atoms with Crippen LogP contribution in [0.1, 0.15) is 82.9 Å². The quantitative estimate of drug-likeness (QED) is 0.452. The number of aliphatic hydroxyl groups is 1. The summed E-state index contributed by atoms with van der Waals surface area (Å²) in [6.07, 6.45) is 10.0. The fourth-order valence-corrected chi connectivity index (χ4v) is 4.21. The van der Waals surface area contributed by atoms with Crippen LogP contribution >= 0.6 is 11.6 Å². The van der Waals surface area contributed by atoms with Gasteiger partial charge in [0.2, 0.25) is 0 Å². The number of hydrogen-bond acceptors (Lipinski definition) is 1. The van der Waals surface area contributed by atoms with Gasteiger partial charge in [-0.25, -0.2) is 0 Å². The van der Waals surface area contributed by atoms with Crippen molar-refractivity contribution in [3.05, 3.63) is 47.5 Å². The summed E-state index contributed by atoms with van der Waals surface area (Å²) in [4.78, 5) is 0. The van der Waals surface area contributed by atoms with Gasteiger partial charge in [-0.05, 0) is 48.1 Å². The smallest absolute Gasteiger partial charge is 0.0838 e. The molecule has 0 bridgehead atoms. The van der Waals surface area contributed by atoms with Crippen molar-refractivity contribution in [2.45, 2.75) is 77.2 Å². The number of alkyl halides is 1. The summed E-state index contributed by atoms with van der Waals surface area (Å²) in [5.41, 5.74) is 2.18. The van der Waals surface area contributed by atoms with Gasteiger partial charge in [0, 0.05) is 11.3 Å². The van der Waals surface area contributed by atoms with E-state index in [-0.39, 0.29) is 10.8 Å². The average molecular weight is 349 g/mol. The first-order valence-electron chi connectivity index (χ1n) is 9.41. The molecule has 1 saturated carbocycles. The van der Waals surface area contributed by atoms with Crippen LogP contribution in [0.4, 0.5) is 0 Å². The van der Waals surface area contributed by atoms with Crippen LogP contribution in [0.15, 0.2) is 36.4 Å². The molecule has 1 aliphatic rings. The lowest BCUT2D eigenvalue weighted by Crippen LogP contribution is -2.18. The zero-order chi connectivity index (χ0) is 17.7. The minimum Gasteiger partial charge on any atom is -0.388 e. The zero-order valence-corrected chi connectivity index (χ0v) is 16.4. The van der Waals surface area contributed by atoms with Crippen molar-refractivity contribution < 1.29 is 5.11 Å². The third-order valence-corrected chi connectivity index (χ3v) is 5.72. The maximum atomic E-state index is 10.4. The Morgan fingerprint density at radius 1 is 1.17 bits per heavy atom. The highest BCUT2D eigenvalue weighted by molar-refractivity contribution is 6.21. The lowest BCUT2D eigenvalue weighted by Gasteiger charge is -2.27. The van der Waals surface area contributed by atoms with Crippen LogP contribution in [0.5, 0.6) is 0 Å². The number of hydrogen-bond donors (Lipinski definition) is 1. The maximum absolute atomic E-state index is 10.4. The van der Waals surface area contributed by atoms with Gasteiger partial charge in [-0.1, -0.05) is 70.5 Å². The fraction of sp³-hybridized carbons (Fsp3) is 0.636. The second-order valence-corrected chi connectivity index (χ2v) is 8.87. The first kappa shape index (κ1) is 19.5. The number of halogens is 1. The van der Waals surface area contributed by atoms with Crippen molar-refractivity contribution in [1.82, 2.24) is 0 Å². The van der Waals surface area contributed by atoms with Crippen molar-refractivity contribution in [2.24, 2.45) is 11.3 Å². The van der Waals surface area contributed by atoms with Gasteiger partial charge < -0.3 is 5.11 Å². The second-order valence-electron chi connectivity index (χ2n) is 8.31. The molecule has 1 N–H and O–H groups in total. The molecule has 0 aromatic heterocycles. The van der Waals surface area contributed by atoms with E-state index in [0.29, 0.717) is 11.8 Å². The highest BCUT2D eigenvalue weighted by atomic mass is 35.5. The predicted molar refractivity (Wildman–Crippen MR) is 105 cm³/mol. The molecule has 0 spiro atoms. The van der Waals surface area contributed by atoms with E-state index in [4.69, 9.17) is 11.6 Å². The minimum absolute atomic E-state index is 0.142. The monoisotopic (exact) mass is 348 g/mol. The summed E-state index contributed by atoms with van der Waals surface area (Å²) in [6.45, 7) is 8.41. The highest BCUT2D eigenvalue weighted by Crippen LogP contribution is 2.45. The molecule has 1 nitrogen and oxygen atoms in total. The summed E-state index contributed by atoms with van der Waals surface area (Å²) < 4.78 is 0. The largest absolute Gasteiger partial charge is 0.388 e. The molecule has 0 amide bonds. The van der Waals surface area contributed by atoms with Crippen molar-refractivity contribution >= 4 is 11.6 Å². The molecule has 24 heavy (non-hydrogen) atoms. The molecule has 2 heteroatoms. The molecule has 4 unspecified atom stereocenters. The van der Waals surface area contributed by atoms with E-state index in [2.05, 4.69) is 64.1 Å². The Morgan fingerprint density at radius 2 is 1.83 bits per heavy atom. The van der Waals surface area contributed by atoms with Gasteiger partial charge in [-0.15, -0.1) is 11.6 Å². The molecule has 0 radical (unpaired) electrons. The molecule has 0 heterocycles. The summed E-state index contributed by atoms with van der Waals surface area (Å²) in [7, 11) is 0. The van der Waals surface area contributed by atoms with E-state index in [1.807, 2.05) is 0 Å². The summed E-state index contributed by atoms with van der Waals surface area (Å²) >= 11 is 6.65. The number of unbranched alkanes of at least 4 members (excludes halogenated alkanes) is 1. The molecule has 1 aromatic rings. The molecule has 0 aliphatic heterocycles. The van der Waals surface area contributed by atoms with Crippen LogP contribution < -0.4 is 0 Å². The molecule has 0 saturated heterocycles. The molecular weight excluding hydrogens is 316 g/mol. The lowest BCUT2D eigenvalue weighted by atomic mass is 9.82. The number of aliphatic hydroxyl groups excluding tert-OH is 1. The Bertz CT molecular complexity index is 526. The van der Waals surface area contributed by atoms with E-state index >= 15 is 0 Å². The molecule has 2 rings (SSSR count). The topological polar surface area (TPSA) is 20.2 Å². The van der Waals surface area contributed by atoms with E-state index in [0.717, 1.165) is 18.4 Å². The predicted octanol–water partition coefficient (Wildman–Crippen LogP) is 6.61. The normalized spacial score (nSPS) is 26.2. The van der Waals surface area contributed by atoms with Crippen LogP contribution in [-0.4, -0.2) is 10.5 Å². The molecule has 1 fully saturated rings. The Balaban J connectivity index is 2.10. The fourth-order valence-electron chi connectivity index (χ4n) is 3.73. The Kier molecular flexibility index (Phi) is 6.95. The first-order valence-corrected chi connectivity index (χ1v) is 9.85. The van der Waals surface area contributed by atoms with E-state index < -0.39 is 6.10 Å². The second kappa shape index (κ2) is 8.54. The highest BCUT2D eigenvalue weighted by Gasteiger charge is 2.35. The van der Waals surface area contributed by atoms with Gasteiger partial charge in [-0.2, -0.15) is 0 Å². The van der Waals surface area contributed by atoms with Crippen molar-refractivity contribution in [2.75, 3.05) is 0 Å². The lowest BCUT2D eigenvalue weighted by molar-refractivity contribution is 0.0626. The first-order chi connectivity index (χ1) is 11.3. The van der Waals surface area contributed by atoms with Gasteiger partial charge in [0.1, 0.15) is 0 Å². The van der Waals surface area contributed by atoms with Crippen molar-refractivity contribution in [3.63, 3.8) is 0 Å². The van der Waals surface area contributed by atoms with Gasteiger partial charge in [0.05, 0.1) is 6.10 Å². The van der Waals surface area contributed by atoms with E-state index in [1.165, 1.54) is 24.8 Å². The number of rotatable bonds is 6. The van der Waals surface area contributed by atoms with E-state index in [9.17, 15) is 5.11 Å². The minimum atomic E-state index is -0.435. The molecule has 1 aliphatic carbocycles. The molecule has 1 aromatic carbocycles.